The van der Waals surface area contributed by atoms with E-state index < -0.39 is 0 Å². The van der Waals surface area contributed by atoms with Gasteiger partial charge in [0.25, 0.3) is 5.91 Å². The van der Waals surface area contributed by atoms with Crippen molar-refractivity contribution < 1.29 is 9.53 Å². The molecule has 1 atom stereocenters. The summed E-state index contributed by atoms with van der Waals surface area (Å²) in [5.74, 6) is 0.513. The minimum Gasteiger partial charge on any atom is -0.397 e. The third-order valence-electron chi connectivity index (χ3n) is 4.02. The molecule has 112 valence electrons. The molecule has 1 unspecified atom stereocenters. The molecule has 2 heterocycles. The van der Waals surface area contributed by atoms with Crippen molar-refractivity contribution >= 4 is 33.0 Å². The summed E-state index contributed by atoms with van der Waals surface area (Å²) in [5.41, 5.74) is 7.89. The molecule has 5 heteroatoms. The molecule has 1 saturated heterocycles. The zero-order valence-electron chi connectivity index (χ0n) is 12.1. The Morgan fingerprint density at radius 3 is 3.10 bits per heavy atom. The highest BCUT2D eigenvalue weighted by Gasteiger charge is 2.19. The zero-order chi connectivity index (χ0) is 14.8. The summed E-state index contributed by atoms with van der Waals surface area (Å²) >= 11 is 1.48. The predicted octanol–water partition coefficient (Wildman–Crippen LogP) is 2.95. The summed E-state index contributed by atoms with van der Waals surface area (Å²) in [6.45, 7) is 4.39. The number of benzene rings is 1. The maximum absolute atomic E-state index is 12.3. The summed E-state index contributed by atoms with van der Waals surface area (Å²) in [6.07, 6.45) is 2.07. The number of hydrogen-bond donors (Lipinski definition) is 2. The molecule has 1 fully saturated rings. The van der Waals surface area contributed by atoms with Gasteiger partial charge in [0.2, 0.25) is 0 Å². The first-order valence-electron chi connectivity index (χ1n) is 7.30. The third kappa shape index (κ3) is 2.89. The van der Waals surface area contributed by atoms with Crippen LogP contribution in [0.5, 0.6) is 0 Å². The number of anilines is 1. The molecule has 0 aliphatic carbocycles. The Labute approximate surface area is 128 Å². The van der Waals surface area contributed by atoms with Crippen LogP contribution in [0.15, 0.2) is 18.2 Å². The topological polar surface area (TPSA) is 64.4 Å². The summed E-state index contributed by atoms with van der Waals surface area (Å²) in [6, 6.07) is 5.99. The summed E-state index contributed by atoms with van der Waals surface area (Å²) < 4.78 is 6.44. The molecular formula is C16H20N2O2S. The largest absolute Gasteiger partial charge is 0.397 e. The first-order chi connectivity index (χ1) is 10.2. The first-order valence-corrected chi connectivity index (χ1v) is 8.12. The maximum atomic E-state index is 12.3. The van der Waals surface area contributed by atoms with Gasteiger partial charge in [-0.25, -0.2) is 0 Å². The molecule has 1 aromatic carbocycles. The lowest BCUT2D eigenvalue weighted by atomic mass is 10.1. The van der Waals surface area contributed by atoms with E-state index in [4.69, 9.17) is 10.5 Å². The van der Waals surface area contributed by atoms with Gasteiger partial charge in [0.15, 0.2) is 0 Å². The number of fused-ring (bicyclic) bond motifs is 1. The van der Waals surface area contributed by atoms with E-state index in [0.717, 1.165) is 41.7 Å². The Hall–Kier alpha value is -1.59. The van der Waals surface area contributed by atoms with Crippen molar-refractivity contribution in [1.29, 1.82) is 0 Å². The first kappa shape index (κ1) is 14.4. The molecule has 3 rings (SSSR count). The highest BCUT2D eigenvalue weighted by molar-refractivity contribution is 7.21. The quantitative estimate of drug-likeness (QED) is 0.913. The van der Waals surface area contributed by atoms with Crippen LogP contribution in [-0.4, -0.2) is 25.7 Å². The van der Waals surface area contributed by atoms with Crippen molar-refractivity contribution in [3.8, 4) is 0 Å². The number of hydrogen-bond acceptors (Lipinski definition) is 4. The third-order valence-corrected chi connectivity index (χ3v) is 5.37. The molecule has 1 amide bonds. The fourth-order valence-electron chi connectivity index (χ4n) is 2.73. The molecule has 1 aliphatic rings. The Kier molecular flexibility index (Phi) is 4.12. The highest BCUT2D eigenvalue weighted by Crippen LogP contribution is 2.35. The van der Waals surface area contributed by atoms with E-state index in [1.165, 1.54) is 11.3 Å². The minimum atomic E-state index is -0.0629. The molecule has 4 nitrogen and oxygen atoms in total. The van der Waals surface area contributed by atoms with Gasteiger partial charge in [-0.1, -0.05) is 18.2 Å². The average Bonchev–Trinajstić information content (AvgIpc) is 3.08. The number of amides is 1. The van der Waals surface area contributed by atoms with Crippen LogP contribution >= 0.6 is 11.3 Å². The van der Waals surface area contributed by atoms with Crippen LogP contribution in [0.4, 0.5) is 5.69 Å². The van der Waals surface area contributed by atoms with Gasteiger partial charge in [0, 0.05) is 29.8 Å². The normalized spacial score (nSPS) is 18.2. The molecule has 21 heavy (non-hydrogen) atoms. The van der Waals surface area contributed by atoms with Crippen LogP contribution in [-0.2, 0) is 4.74 Å². The monoisotopic (exact) mass is 304 g/mol. The maximum Gasteiger partial charge on any atom is 0.263 e. The van der Waals surface area contributed by atoms with Crippen LogP contribution in [0.25, 0.3) is 10.1 Å². The number of rotatable bonds is 4. The number of carbonyl (C=O) groups is 1. The van der Waals surface area contributed by atoms with Crippen molar-refractivity contribution in [2.24, 2.45) is 5.92 Å². The standard InChI is InChI=1S/C16H20N2O2S/c1-10-3-2-4-12-13(17)15(21-14(10)12)16(19)18-7-5-11-6-8-20-9-11/h2-4,11H,5-9,17H2,1H3,(H,18,19). The lowest BCUT2D eigenvalue weighted by Gasteiger charge is -2.08. The molecule has 0 spiro atoms. The van der Waals surface area contributed by atoms with E-state index in [9.17, 15) is 4.79 Å². The number of ether oxygens (including phenoxy) is 1. The molecule has 0 radical (unpaired) electrons. The highest BCUT2D eigenvalue weighted by atomic mass is 32.1. The summed E-state index contributed by atoms with van der Waals surface area (Å²) in [5, 5.41) is 3.96. The van der Waals surface area contributed by atoms with Gasteiger partial charge in [-0.05, 0) is 31.2 Å². The van der Waals surface area contributed by atoms with Gasteiger partial charge in [0.1, 0.15) is 4.88 Å². The SMILES string of the molecule is Cc1cccc2c(N)c(C(=O)NCCC3CCOC3)sc12. The fourth-order valence-corrected chi connectivity index (χ4v) is 3.84. The number of nitrogens with two attached hydrogens (primary N) is 1. The van der Waals surface area contributed by atoms with Crippen LogP contribution in [0.1, 0.15) is 28.1 Å². The minimum absolute atomic E-state index is 0.0629. The number of carbonyl (C=O) groups excluding carboxylic acids is 1. The molecule has 1 aliphatic heterocycles. The lowest BCUT2D eigenvalue weighted by Crippen LogP contribution is -2.25. The molecule has 3 N–H and O–H groups in total. The van der Waals surface area contributed by atoms with Crippen LogP contribution in [0.2, 0.25) is 0 Å². The molecule has 0 saturated carbocycles. The van der Waals surface area contributed by atoms with Gasteiger partial charge < -0.3 is 15.8 Å². The fraction of sp³-hybridized carbons (Fsp3) is 0.438. The molecule has 1 aromatic heterocycles. The van der Waals surface area contributed by atoms with E-state index in [0.29, 0.717) is 23.0 Å². The molecular weight excluding hydrogens is 284 g/mol. The van der Waals surface area contributed by atoms with Crippen LogP contribution in [0, 0.1) is 12.8 Å². The van der Waals surface area contributed by atoms with Gasteiger partial charge in [-0.2, -0.15) is 0 Å². The second-order valence-electron chi connectivity index (χ2n) is 5.57. The number of nitrogens with one attached hydrogen (secondary N) is 1. The van der Waals surface area contributed by atoms with E-state index in [1.807, 2.05) is 25.1 Å². The van der Waals surface area contributed by atoms with Crippen molar-refractivity contribution in [3.05, 3.63) is 28.6 Å². The summed E-state index contributed by atoms with van der Waals surface area (Å²) in [7, 11) is 0. The van der Waals surface area contributed by atoms with E-state index in [1.54, 1.807) is 0 Å². The Morgan fingerprint density at radius 2 is 2.38 bits per heavy atom. The molecule has 0 bridgehead atoms. The Morgan fingerprint density at radius 1 is 1.52 bits per heavy atom. The van der Waals surface area contributed by atoms with Crippen LogP contribution < -0.4 is 11.1 Å². The summed E-state index contributed by atoms with van der Waals surface area (Å²) in [4.78, 5) is 12.9. The molecule has 2 aromatic rings. The van der Waals surface area contributed by atoms with Crippen LogP contribution in [0.3, 0.4) is 0 Å². The average molecular weight is 304 g/mol. The van der Waals surface area contributed by atoms with E-state index in [-0.39, 0.29) is 5.91 Å². The van der Waals surface area contributed by atoms with E-state index >= 15 is 0 Å². The predicted molar refractivity (Wildman–Crippen MR) is 86.9 cm³/mol. The van der Waals surface area contributed by atoms with Gasteiger partial charge in [-0.15, -0.1) is 11.3 Å². The zero-order valence-corrected chi connectivity index (χ0v) is 13.0. The Bertz CT molecular complexity index is 660. The van der Waals surface area contributed by atoms with Crippen molar-refractivity contribution in [1.82, 2.24) is 5.32 Å². The van der Waals surface area contributed by atoms with Gasteiger partial charge in [0.05, 0.1) is 5.69 Å². The smallest absolute Gasteiger partial charge is 0.263 e. The Balaban J connectivity index is 1.69. The van der Waals surface area contributed by atoms with Gasteiger partial charge >= 0.3 is 0 Å². The van der Waals surface area contributed by atoms with Crippen molar-refractivity contribution in [2.75, 3.05) is 25.5 Å². The van der Waals surface area contributed by atoms with Crippen molar-refractivity contribution in [3.63, 3.8) is 0 Å². The number of aryl methyl sites for hydroxylation is 1. The number of nitrogen functional groups attached to an aromatic ring is 1. The van der Waals surface area contributed by atoms with E-state index in [2.05, 4.69) is 5.32 Å². The second kappa shape index (κ2) is 6.03. The van der Waals surface area contributed by atoms with Crippen molar-refractivity contribution in [2.45, 2.75) is 19.8 Å². The van der Waals surface area contributed by atoms with Gasteiger partial charge in [-0.3, -0.25) is 4.79 Å². The number of thiophene rings is 1. The lowest BCUT2D eigenvalue weighted by molar-refractivity contribution is 0.0955. The second-order valence-corrected chi connectivity index (χ2v) is 6.59.